The Morgan fingerprint density at radius 3 is 2.09 bits per heavy atom. The second-order valence-electron chi connectivity index (χ2n) is 7.54. The molecular formula is C22H23FN2O4S3. The van der Waals surface area contributed by atoms with Gasteiger partial charge in [0.15, 0.2) is 0 Å². The average Bonchev–Trinajstić information content (AvgIpc) is 3.32. The molecule has 0 amide bonds. The topological polar surface area (TPSA) is 74.8 Å². The van der Waals surface area contributed by atoms with Gasteiger partial charge in [0, 0.05) is 43.5 Å². The van der Waals surface area contributed by atoms with Gasteiger partial charge in [-0.05, 0) is 36.2 Å². The minimum absolute atomic E-state index is 0.0699. The molecule has 1 saturated heterocycles. The first-order valence-electron chi connectivity index (χ1n) is 10.1. The maximum atomic E-state index is 13.3. The molecule has 0 atom stereocenters. The molecule has 0 saturated carbocycles. The highest BCUT2D eigenvalue weighted by molar-refractivity contribution is 7.93. The Morgan fingerprint density at radius 2 is 1.44 bits per heavy atom. The molecular weight excluding hydrogens is 471 g/mol. The van der Waals surface area contributed by atoms with E-state index in [4.69, 9.17) is 0 Å². The Balaban J connectivity index is 1.44. The standard InChI is InChI=1S/C22H23FN2O4S3/c23-19-8-6-18(7-9-19)10-11-24-12-14-25(15-13-24)32(28,29)22-17-30-16-21(22)31(26,27)20-4-2-1-3-5-20/h1-9,16-17H,10-15H2. The van der Waals surface area contributed by atoms with Crippen LogP contribution in [0.15, 0.2) is 80.0 Å². The van der Waals surface area contributed by atoms with Crippen LogP contribution in [0.4, 0.5) is 4.39 Å². The second-order valence-corrected chi connectivity index (χ2v) is 12.1. The van der Waals surface area contributed by atoms with Crippen LogP contribution in [0.1, 0.15) is 5.56 Å². The Morgan fingerprint density at radius 1 is 0.812 bits per heavy atom. The van der Waals surface area contributed by atoms with Crippen LogP contribution in [0.5, 0.6) is 0 Å². The van der Waals surface area contributed by atoms with Crippen molar-refractivity contribution < 1.29 is 21.2 Å². The van der Waals surface area contributed by atoms with Gasteiger partial charge >= 0.3 is 0 Å². The highest BCUT2D eigenvalue weighted by atomic mass is 32.2. The molecule has 2 aromatic carbocycles. The van der Waals surface area contributed by atoms with Gasteiger partial charge < -0.3 is 4.90 Å². The number of sulfone groups is 1. The normalized spacial score (nSPS) is 16.3. The van der Waals surface area contributed by atoms with Gasteiger partial charge in [0.2, 0.25) is 19.9 Å². The van der Waals surface area contributed by atoms with Gasteiger partial charge in [-0.2, -0.15) is 4.31 Å². The van der Waals surface area contributed by atoms with Crippen molar-refractivity contribution in [3.8, 4) is 0 Å². The molecule has 1 aromatic heterocycles. The molecule has 0 radical (unpaired) electrons. The quantitative estimate of drug-likeness (QED) is 0.504. The highest BCUT2D eigenvalue weighted by Gasteiger charge is 2.34. The summed E-state index contributed by atoms with van der Waals surface area (Å²) in [5.74, 6) is -0.269. The van der Waals surface area contributed by atoms with Crippen LogP contribution >= 0.6 is 11.3 Å². The molecule has 1 fully saturated rings. The Bertz CT molecular complexity index is 1270. The lowest BCUT2D eigenvalue weighted by molar-refractivity contribution is 0.190. The molecule has 32 heavy (non-hydrogen) atoms. The second kappa shape index (κ2) is 9.40. The smallest absolute Gasteiger partial charge is 0.245 e. The lowest BCUT2D eigenvalue weighted by Gasteiger charge is -2.34. The van der Waals surface area contributed by atoms with Crippen molar-refractivity contribution in [2.45, 2.75) is 21.1 Å². The third kappa shape index (κ3) is 4.79. The molecule has 1 aliphatic heterocycles. The lowest BCUT2D eigenvalue weighted by atomic mass is 10.1. The Labute approximate surface area is 191 Å². The molecule has 0 N–H and O–H groups in total. The van der Waals surface area contributed by atoms with Crippen LogP contribution < -0.4 is 0 Å². The monoisotopic (exact) mass is 494 g/mol. The molecule has 0 unspecified atom stereocenters. The summed E-state index contributed by atoms with van der Waals surface area (Å²) < 4.78 is 67.0. The number of halogens is 1. The first-order chi connectivity index (χ1) is 15.3. The first kappa shape index (κ1) is 23.1. The third-order valence-corrected chi connectivity index (χ3v) is 10.4. The molecule has 10 heteroatoms. The number of sulfonamides is 1. The molecule has 3 aromatic rings. The van der Waals surface area contributed by atoms with Crippen molar-refractivity contribution in [3.05, 3.63) is 76.7 Å². The van der Waals surface area contributed by atoms with Crippen LogP contribution in [0.3, 0.4) is 0 Å². The van der Waals surface area contributed by atoms with Crippen molar-refractivity contribution in [3.63, 3.8) is 0 Å². The maximum Gasteiger partial charge on any atom is 0.245 e. The van der Waals surface area contributed by atoms with Crippen LogP contribution in [0, 0.1) is 5.82 Å². The fourth-order valence-electron chi connectivity index (χ4n) is 3.65. The van der Waals surface area contributed by atoms with Crippen molar-refractivity contribution in [1.82, 2.24) is 9.21 Å². The fourth-order valence-corrected chi connectivity index (χ4v) is 8.67. The van der Waals surface area contributed by atoms with E-state index in [0.717, 1.165) is 29.9 Å². The van der Waals surface area contributed by atoms with Crippen molar-refractivity contribution in [2.75, 3.05) is 32.7 Å². The van der Waals surface area contributed by atoms with Gasteiger partial charge in [-0.15, -0.1) is 11.3 Å². The molecule has 0 bridgehead atoms. The maximum absolute atomic E-state index is 13.3. The summed E-state index contributed by atoms with van der Waals surface area (Å²) in [6.07, 6.45) is 0.747. The van der Waals surface area contributed by atoms with Crippen LogP contribution in [0.25, 0.3) is 0 Å². The summed E-state index contributed by atoms with van der Waals surface area (Å²) in [6, 6.07) is 14.2. The summed E-state index contributed by atoms with van der Waals surface area (Å²) in [5, 5.41) is 2.78. The van der Waals surface area contributed by atoms with E-state index in [1.807, 2.05) is 0 Å². The average molecular weight is 495 g/mol. The molecule has 2 heterocycles. The van der Waals surface area contributed by atoms with E-state index in [2.05, 4.69) is 4.90 Å². The zero-order valence-corrected chi connectivity index (χ0v) is 19.7. The highest BCUT2D eigenvalue weighted by Crippen LogP contribution is 2.32. The number of nitrogens with zero attached hydrogens (tertiary/aromatic N) is 2. The van der Waals surface area contributed by atoms with Gasteiger partial charge in [-0.25, -0.2) is 21.2 Å². The zero-order valence-electron chi connectivity index (χ0n) is 17.2. The van der Waals surface area contributed by atoms with E-state index in [1.54, 1.807) is 30.3 Å². The third-order valence-electron chi connectivity index (χ3n) is 5.52. The molecule has 1 aliphatic rings. The van der Waals surface area contributed by atoms with Gasteiger partial charge in [0.25, 0.3) is 0 Å². The van der Waals surface area contributed by atoms with E-state index in [9.17, 15) is 21.2 Å². The number of hydrogen-bond acceptors (Lipinski definition) is 6. The minimum Gasteiger partial charge on any atom is -0.300 e. The van der Waals surface area contributed by atoms with E-state index in [-0.39, 0.29) is 33.6 Å². The van der Waals surface area contributed by atoms with E-state index in [0.29, 0.717) is 13.1 Å². The summed E-state index contributed by atoms with van der Waals surface area (Å²) in [6.45, 7) is 2.40. The molecule has 0 spiro atoms. The summed E-state index contributed by atoms with van der Waals surface area (Å²) in [4.78, 5) is 1.89. The number of benzene rings is 2. The van der Waals surface area contributed by atoms with E-state index >= 15 is 0 Å². The Hall–Kier alpha value is -2.11. The first-order valence-corrected chi connectivity index (χ1v) is 14.0. The number of rotatable bonds is 7. The van der Waals surface area contributed by atoms with Crippen LogP contribution in [-0.2, 0) is 26.3 Å². The summed E-state index contributed by atoms with van der Waals surface area (Å²) in [5.41, 5.74) is 1.02. The minimum atomic E-state index is -3.94. The fraction of sp³-hybridized carbons (Fsp3) is 0.273. The van der Waals surface area contributed by atoms with Crippen molar-refractivity contribution in [1.29, 1.82) is 0 Å². The van der Waals surface area contributed by atoms with Gasteiger partial charge in [0.05, 0.1) is 4.90 Å². The van der Waals surface area contributed by atoms with E-state index in [1.165, 1.54) is 39.3 Å². The molecule has 4 rings (SSSR count). The van der Waals surface area contributed by atoms with Gasteiger partial charge in [0.1, 0.15) is 15.6 Å². The zero-order chi connectivity index (χ0) is 22.8. The molecule has 6 nitrogen and oxygen atoms in total. The number of piperazine rings is 1. The lowest BCUT2D eigenvalue weighted by Crippen LogP contribution is -2.49. The summed E-state index contributed by atoms with van der Waals surface area (Å²) >= 11 is 1.06. The van der Waals surface area contributed by atoms with Crippen molar-refractivity contribution >= 4 is 31.2 Å². The van der Waals surface area contributed by atoms with Gasteiger partial charge in [-0.3, -0.25) is 0 Å². The predicted molar refractivity (Wildman–Crippen MR) is 122 cm³/mol. The molecule has 0 aliphatic carbocycles. The number of thiophene rings is 1. The SMILES string of the molecule is O=S(=O)(c1ccccc1)c1cscc1S(=O)(=O)N1CCN(CCc2ccc(F)cc2)CC1. The number of hydrogen-bond donors (Lipinski definition) is 0. The Kier molecular flexibility index (Phi) is 6.78. The predicted octanol–water partition coefficient (Wildman–Crippen LogP) is 3.27. The van der Waals surface area contributed by atoms with E-state index < -0.39 is 19.9 Å². The molecule has 170 valence electrons. The van der Waals surface area contributed by atoms with Crippen LogP contribution in [-0.4, -0.2) is 58.8 Å². The largest absolute Gasteiger partial charge is 0.300 e. The van der Waals surface area contributed by atoms with Crippen molar-refractivity contribution in [2.24, 2.45) is 0 Å². The van der Waals surface area contributed by atoms with Gasteiger partial charge in [-0.1, -0.05) is 30.3 Å². The van der Waals surface area contributed by atoms with Crippen LogP contribution in [0.2, 0.25) is 0 Å². The summed E-state index contributed by atoms with van der Waals surface area (Å²) in [7, 11) is -7.87.